The Kier molecular flexibility index (Phi) is 7.00. The molecule has 116 valence electrons. The SMILES string of the molecule is O=C(Cc1ccccc1Cl)NCCCOCC1CCCO1. The Balaban J connectivity index is 1.52. The second-order valence-electron chi connectivity index (χ2n) is 5.18. The Hall–Kier alpha value is -1.10. The van der Waals surface area contributed by atoms with Crippen molar-refractivity contribution < 1.29 is 14.3 Å². The van der Waals surface area contributed by atoms with E-state index in [1.54, 1.807) is 6.07 Å². The summed E-state index contributed by atoms with van der Waals surface area (Å²) in [6.45, 7) is 2.78. The molecule has 4 nitrogen and oxygen atoms in total. The minimum absolute atomic E-state index is 0.0118. The maximum Gasteiger partial charge on any atom is 0.224 e. The molecule has 1 aromatic rings. The zero-order valence-electron chi connectivity index (χ0n) is 12.1. The highest BCUT2D eigenvalue weighted by atomic mass is 35.5. The van der Waals surface area contributed by atoms with Crippen LogP contribution in [0.1, 0.15) is 24.8 Å². The highest BCUT2D eigenvalue weighted by Gasteiger charge is 2.14. The van der Waals surface area contributed by atoms with Crippen molar-refractivity contribution in [3.63, 3.8) is 0 Å². The first-order chi connectivity index (χ1) is 10.3. The van der Waals surface area contributed by atoms with Gasteiger partial charge in [0.2, 0.25) is 5.91 Å². The summed E-state index contributed by atoms with van der Waals surface area (Å²) in [6, 6.07) is 7.40. The summed E-state index contributed by atoms with van der Waals surface area (Å²) in [6.07, 6.45) is 3.61. The van der Waals surface area contributed by atoms with Gasteiger partial charge >= 0.3 is 0 Å². The van der Waals surface area contributed by atoms with E-state index in [9.17, 15) is 4.79 Å². The number of halogens is 1. The van der Waals surface area contributed by atoms with Gasteiger partial charge in [0.15, 0.2) is 0 Å². The predicted molar refractivity (Wildman–Crippen MR) is 82.6 cm³/mol. The monoisotopic (exact) mass is 311 g/mol. The zero-order valence-corrected chi connectivity index (χ0v) is 12.9. The van der Waals surface area contributed by atoms with Crippen molar-refractivity contribution >= 4 is 17.5 Å². The van der Waals surface area contributed by atoms with Gasteiger partial charge in [0.05, 0.1) is 19.1 Å². The summed E-state index contributed by atoms with van der Waals surface area (Å²) in [5.41, 5.74) is 0.853. The molecule has 1 amide bonds. The number of ether oxygens (including phenoxy) is 2. The van der Waals surface area contributed by atoms with Gasteiger partial charge in [-0.05, 0) is 30.9 Å². The highest BCUT2D eigenvalue weighted by molar-refractivity contribution is 6.31. The van der Waals surface area contributed by atoms with E-state index in [4.69, 9.17) is 21.1 Å². The van der Waals surface area contributed by atoms with Crippen LogP contribution in [0.3, 0.4) is 0 Å². The van der Waals surface area contributed by atoms with E-state index in [1.807, 2.05) is 18.2 Å². The molecule has 0 bridgehead atoms. The molecule has 5 heteroatoms. The Morgan fingerprint density at radius 1 is 1.43 bits per heavy atom. The lowest BCUT2D eigenvalue weighted by atomic mass is 10.1. The van der Waals surface area contributed by atoms with Crippen molar-refractivity contribution in [2.45, 2.75) is 31.8 Å². The van der Waals surface area contributed by atoms with Crippen molar-refractivity contribution in [2.24, 2.45) is 0 Å². The van der Waals surface area contributed by atoms with Crippen molar-refractivity contribution in [3.05, 3.63) is 34.9 Å². The second kappa shape index (κ2) is 9.03. The summed E-state index contributed by atoms with van der Waals surface area (Å²) in [7, 11) is 0. The average Bonchev–Trinajstić information content (AvgIpc) is 2.98. The average molecular weight is 312 g/mol. The molecule has 1 atom stereocenters. The van der Waals surface area contributed by atoms with Crippen molar-refractivity contribution in [3.8, 4) is 0 Å². The van der Waals surface area contributed by atoms with Crippen LogP contribution < -0.4 is 5.32 Å². The van der Waals surface area contributed by atoms with E-state index < -0.39 is 0 Å². The molecule has 1 aliphatic rings. The van der Waals surface area contributed by atoms with Gasteiger partial charge in [-0.2, -0.15) is 0 Å². The van der Waals surface area contributed by atoms with E-state index >= 15 is 0 Å². The molecule has 1 fully saturated rings. The minimum Gasteiger partial charge on any atom is -0.379 e. The van der Waals surface area contributed by atoms with E-state index in [-0.39, 0.29) is 12.0 Å². The predicted octanol–water partition coefficient (Wildman–Crippen LogP) is 2.58. The summed E-state index contributed by atoms with van der Waals surface area (Å²) in [4.78, 5) is 11.8. The summed E-state index contributed by atoms with van der Waals surface area (Å²) in [5, 5.41) is 3.51. The van der Waals surface area contributed by atoms with Gasteiger partial charge in [-0.15, -0.1) is 0 Å². The van der Waals surface area contributed by atoms with Crippen LogP contribution in [-0.2, 0) is 20.7 Å². The van der Waals surface area contributed by atoms with Gasteiger partial charge in [-0.1, -0.05) is 29.8 Å². The molecule has 0 aromatic heterocycles. The Labute approximate surface area is 130 Å². The van der Waals surface area contributed by atoms with E-state index in [2.05, 4.69) is 5.32 Å². The molecule has 1 aliphatic heterocycles. The van der Waals surface area contributed by atoms with E-state index in [0.717, 1.165) is 31.4 Å². The maximum absolute atomic E-state index is 11.8. The van der Waals surface area contributed by atoms with Crippen LogP contribution in [-0.4, -0.2) is 38.4 Å². The third kappa shape index (κ3) is 6.04. The Bertz CT molecular complexity index is 447. The molecule has 0 spiro atoms. The first-order valence-corrected chi connectivity index (χ1v) is 7.83. The van der Waals surface area contributed by atoms with Crippen molar-refractivity contribution in [2.75, 3.05) is 26.4 Å². The first kappa shape index (κ1) is 16.3. The van der Waals surface area contributed by atoms with Crippen LogP contribution in [0, 0.1) is 0 Å². The van der Waals surface area contributed by atoms with Gasteiger partial charge in [0, 0.05) is 24.8 Å². The van der Waals surface area contributed by atoms with Gasteiger partial charge in [-0.3, -0.25) is 4.79 Å². The van der Waals surface area contributed by atoms with Crippen LogP contribution in [0.15, 0.2) is 24.3 Å². The quantitative estimate of drug-likeness (QED) is 0.751. The highest BCUT2D eigenvalue weighted by Crippen LogP contribution is 2.15. The number of hydrogen-bond donors (Lipinski definition) is 1. The van der Waals surface area contributed by atoms with Crippen LogP contribution in [0.4, 0.5) is 0 Å². The number of carbonyl (C=O) groups excluding carboxylic acids is 1. The Morgan fingerprint density at radius 3 is 3.05 bits per heavy atom. The molecule has 0 aliphatic carbocycles. The number of amides is 1. The lowest BCUT2D eigenvalue weighted by Crippen LogP contribution is -2.27. The number of benzene rings is 1. The molecule has 1 N–H and O–H groups in total. The molecule has 1 aromatic carbocycles. The number of hydrogen-bond acceptors (Lipinski definition) is 3. The molecular formula is C16H22ClNO3. The smallest absolute Gasteiger partial charge is 0.224 e. The normalized spacial score (nSPS) is 17.9. The fourth-order valence-corrected chi connectivity index (χ4v) is 2.47. The number of carbonyl (C=O) groups is 1. The fourth-order valence-electron chi connectivity index (χ4n) is 2.27. The van der Waals surface area contributed by atoms with Crippen LogP contribution in [0.2, 0.25) is 5.02 Å². The zero-order chi connectivity index (χ0) is 14.9. The van der Waals surface area contributed by atoms with E-state index in [1.165, 1.54) is 0 Å². The number of rotatable bonds is 8. The minimum atomic E-state index is -0.0118. The molecular weight excluding hydrogens is 290 g/mol. The largest absolute Gasteiger partial charge is 0.379 e. The van der Waals surface area contributed by atoms with Gasteiger partial charge < -0.3 is 14.8 Å². The summed E-state index contributed by atoms with van der Waals surface area (Å²) < 4.78 is 11.0. The Morgan fingerprint density at radius 2 is 2.29 bits per heavy atom. The molecule has 1 unspecified atom stereocenters. The van der Waals surface area contributed by atoms with Crippen LogP contribution >= 0.6 is 11.6 Å². The molecule has 0 saturated carbocycles. The molecule has 21 heavy (non-hydrogen) atoms. The first-order valence-electron chi connectivity index (χ1n) is 7.45. The van der Waals surface area contributed by atoms with Crippen molar-refractivity contribution in [1.29, 1.82) is 0 Å². The maximum atomic E-state index is 11.8. The molecule has 1 heterocycles. The second-order valence-corrected chi connectivity index (χ2v) is 5.59. The van der Waals surface area contributed by atoms with Crippen LogP contribution in [0.25, 0.3) is 0 Å². The van der Waals surface area contributed by atoms with Gasteiger partial charge in [-0.25, -0.2) is 0 Å². The third-order valence-corrected chi connectivity index (χ3v) is 3.79. The lowest BCUT2D eigenvalue weighted by Gasteiger charge is -2.10. The topological polar surface area (TPSA) is 47.6 Å². The van der Waals surface area contributed by atoms with Gasteiger partial charge in [0.25, 0.3) is 0 Å². The third-order valence-electron chi connectivity index (χ3n) is 3.42. The lowest BCUT2D eigenvalue weighted by molar-refractivity contribution is -0.120. The number of nitrogens with one attached hydrogen (secondary N) is 1. The van der Waals surface area contributed by atoms with Crippen molar-refractivity contribution in [1.82, 2.24) is 5.32 Å². The van der Waals surface area contributed by atoms with E-state index in [0.29, 0.717) is 31.2 Å². The van der Waals surface area contributed by atoms with Gasteiger partial charge in [0.1, 0.15) is 0 Å². The molecule has 2 rings (SSSR count). The summed E-state index contributed by atoms with van der Waals surface area (Å²) >= 11 is 6.02. The molecule has 1 saturated heterocycles. The van der Waals surface area contributed by atoms with Crippen LogP contribution in [0.5, 0.6) is 0 Å². The summed E-state index contributed by atoms with van der Waals surface area (Å²) in [5.74, 6) is -0.0118. The molecule has 0 radical (unpaired) electrons. The fraction of sp³-hybridized carbons (Fsp3) is 0.562. The standard InChI is InChI=1S/C16H22ClNO3/c17-15-7-2-1-5-13(15)11-16(19)18-8-4-9-20-12-14-6-3-10-21-14/h1-2,5,7,14H,3-4,6,8-12H2,(H,18,19).